The van der Waals surface area contributed by atoms with Gasteiger partial charge in [-0.05, 0) is 67.7 Å². The molecular weight excluding hydrogens is 472 g/mol. The van der Waals surface area contributed by atoms with Crippen molar-refractivity contribution in [3.8, 4) is 11.3 Å². The van der Waals surface area contributed by atoms with E-state index in [0.29, 0.717) is 18.8 Å². The van der Waals surface area contributed by atoms with Crippen molar-refractivity contribution in [2.75, 3.05) is 38.2 Å². The minimum atomic E-state index is -4.74. The van der Waals surface area contributed by atoms with Gasteiger partial charge in [0.2, 0.25) is 0 Å². The number of likely N-dealkylation sites (tertiary alicyclic amines) is 1. The standard InChI is InChI=1S/C24H27ClF4N4O/c25-21-2-1-17(26)9-19(21)22-10-20(24(27,28)29)23(32-31-22)30-18-7-15-12-33(13-16(15)8-18)11-14-3-5-34-6-4-14/h1-2,9-10,14-16,18H,3-8,11-13H2,(H,30,32)/i18D. The van der Waals surface area contributed by atoms with Gasteiger partial charge >= 0.3 is 6.18 Å². The third-order valence-corrected chi connectivity index (χ3v) is 7.45. The normalized spacial score (nSPS) is 28.7. The van der Waals surface area contributed by atoms with Crippen LogP contribution in [0.5, 0.6) is 0 Å². The van der Waals surface area contributed by atoms with Crippen molar-refractivity contribution < 1.29 is 23.7 Å². The number of hydrogen-bond acceptors (Lipinski definition) is 5. The maximum Gasteiger partial charge on any atom is 0.420 e. The van der Waals surface area contributed by atoms with E-state index < -0.39 is 29.4 Å². The van der Waals surface area contributed by atoms with E-state index in [1.54, 1.807) is 0 Å². The molecule has 10 heteroatoms. The molecule has 184 valence electrons. The molecule has 2 unspecified atom stereocenters. The van der Waals surface area contributed by atoms with Gasteiger partial charge in [0.05, 0.1) is 12.1 Å². The Morgan fingerprint density at radius 2 is 1.82 bits per heavy atom. The summed E-state index contributed by atoms with van der Waals surface area (Å²) in [4.78, 5) is 2.43. The number of anilines is 1. The predicted octanol–water partition coefficient (Wildman–Crippen LogP) is 5.50. The largest absolute Gasteiger partial charge is 0.420 e. The molecule has 5 rings (SSSR count). The smallest absolute Gasteiger partial charge is 0.381 e. The first kappa shape index (κ1) is 22.5. The van der Waals surface area contributed by atoms with E-state index in [2.05, 4.69) is 20.4 Å². The summed E-state index contributed by atoms with van der Waals surface area (Å²) in [5, 5.41) is 10.5. The second kappa shape index (κ2) is 9.59. The number of aromatic nitrogens is 2. The van der Waals surface area contributed by atoms with Gasteiger partial charge in [-0.15, -0.1) is 10.2 Å². The van der Waals surface area contributed by atoms with E-state index in [9.17, 15) is 17.6 Å². The molecule has 2 saturated heterocycles. The number of benzene rings is 1. The molecule has 1 saturated carbocycles. The van der Waals surface area contributed by atoms with Crippen LogP contribution in [-0.4, -0.2) is 54.0 Å². The molecule has 2 atom stereocenters. The summed E-state index contributed by atoms with van der Waals surface area (Å²) in [7, 11) is 0. The molecular formula is C24H27ClF4N4O. The molecule has 5 nitrogen and oxygen atoms in total. The van der Waals surface area contributed by atoms with E-state index in [4.69, 9.17) is 17.7 Å². The molecule has 0 bridgehead atoms. The molecule has 0 spiro atoms. The number of ether oxygens (including phenoxy) is 1. The van der Waals surface area contributed by atoms with E-state index in [0.717, 1.165) is 63.9 Å². The molecule has 1 aromatic carbocycles. The summed E-state index contributed by atoms with van der Waals surface area (Å²) >= 11 is 6.05. The second-order valence-electron chi connectivity index (χ2n) is 9.55. The number of nitrogens with one attached hydrogen (secondary N) is 1. The highest BCUT2D eigenvalue weighted by atomic mass is 35.5. The molecule has 3 heterocycles. The second-order valence-corrected chi connectivity index (χ2v) is 9.95. The van der Waals surface area contributed by atoms with E-state index in [1.165, 1.54) is 6.07 Å². The van der Waals surface area contributed by atoms with Crippen LogP contribution in [0.15, 0.2) is 24.3 Å². The Morgan fingerprint density at radius 1 is 1.12 bits per heavy atom. The lowest BCUT2D eigenvalue weighted by Crippen LogP contribution is -2.32. The Hall–Kier alpha value is -1.97. The molecule has 0 radical (unpaired) electrons. The summed E-state index contributed by atoms with van der Waals surface area (Å²) in [5.41, 5.74) is -1.21. The first-order valence-corrected chi connectivity index (χ1v) is 12.0. The molecule has 3 aliphatic rings. The Morgan fingerprint density at radius 3 is 2.50 bits per heavy atom. The summed E-state index contributed by atoms with van der Waals surface area (Å²) in [6, 6.07) is 2.95. The highest BCUT2D eigenvalue weighted by molar-refractivity contribution is 6.33. The predicted molar refractivity (Wildman–Crippen MR) is 121 cm³/mol. The van der Waals surface area contributed by atoms with Gasteiger partial charge in [0.15, 0.2) is 5.82 Å². The Labute approximate surface area is 202 Å². The average Bonchev–Trinajstić information content (AvgIpc) is 3.29. The van der Waals surface area contributed by atoms with Crippen LogP contribution in [-0.2, 0) is 10.9 Å². The lowest BCUT2D eigenvalue weighted by atomic mass is 10.00. The highest BCUT2D eigenvalue weighted by Crippen LogP contribution is 2.42. The SMILES string of the molecule is [2H]C1(Nc2nnc(-c3cc(F)ccc3Cl)cc2C(F)(F)F)CC2CN(CC3CCOCC3)CC2C1. The van der Waals surface area contributed by atoms with Gasteiger partial charge < -0.3 is 15.0 Å². The Bertz CT molecular complexity index is 1070. The Balaban J connectivity index is 1.30. The number of rotatable bonds is 5. The monoisotopic (exact) mass is 499 g/mol. The van der Waals surface area contributed by atoms with Crippen molar-refractivity contribution in [3.05, 3.63) is 40.7 Å². The molecule has 2 aliphatic heterocycles. The summed E-state index contributed by atoms with van der Waals surface area (Å²) in [5.74, 6) is 0.00875. The maximum absolute atomic E-state index is 13.9. The van der Waals surface area contributed by atoms with Gasteiger partial charge in [-0.1, -0.05) is 11.6 Å². The molecule has 1 aliphatic carbocycles. The van der Waals surface area contributed by atoms with Crippen LogP contribution >= 0.6 is 11.6 Å². The minimum Gasteiger partial charge on any atom is -0.381 e. The van der Waals surface area contributed by atoms with Crippen molar-refractivity contribution >= 4 is 17.4 Å². The van der Waals surface area contributed by atoms with Crippen molar-refractivity contribution in [1.29, 1.82) is 0 Å². The topological polar surface area (TPSA) is 50.3 Å². The molecule has 1 N–H and O–H groups in total. The van der Waals surface area contributed by atoms with Gasteiger partial charge in [-0.2, -0.15) is 13.2 Å². The van der Waals surface area contributed by atoms with Gasteiger partial charge in [0.25, 0.3) is 0 Å². The zero-order chi connectivity index (χ0) is 24.8. The molecule has 0 amide bonds. The van der Waals surface area contributed by atoms with Crippen molar-refractivity contribution in [1.82, 2.24) is 15.1 Å². The maximum atomic E-state index is 13.9. The van der Waals surface area contributed by atoms with Crippen LogP contribution in [0.1, 0.15) is 32.6 Å². The van der Waals surface area contributed by atoms with Crippen LogP contribution in [0.4, 0.5) is 23.4 Å². The van der Waals surface area contributed by atoms with Gasteiger partial charge in [-0.3, -0.25) is 0 Å². The Kier molecular flexibility index (Phi) is 6.34. The van der Waals surface area contributed by atoms with Crippen molar-refractivity contribution in [2.45, 2.75) is 37.9 Å². The van der Waals surface area contributed by atoms with E-state index in [1.807, 2.05) is 0 Å². The van der Waals surface area contributed by atoms with Gasteiger partial charge in [0, 0.05) is 44.4 Å². The van der Waals surface area contributed by atoms with Crippen molar-refractivity contribution in [2.24, 2.45) is 17.8 Å². The van der Waals surface area contributed by atoms with E-state index >= 15 is 0 Å². The molecule has 34 heavy (non-hydrogen) atoms. The van der Waals surface area contributed by atoms with Crippen LogP contribution in [0.3, 0.4) is 0 Å². The van der Waals surface area contributed by atoms with Gasteiger partial charge in [0.1, 0.15) is 11.4 Å². The number of hydrogen-bond donors (Lipinski definition) is 1. The van der Waals surface area contributed by atoms with Crippen molar-refractivity contribution in [3.63, 3.8) is 0 Å². The van der Waals surface area contributed by atoms with E-state index in [-0.39, 0.29) is 28.1 Å². The fourth-order valence-corrected chi connectivity index (χ4v) is 5.67. The molecule has 1 aromatic heterocycles. The zero-order valence-corrected chi connectivity index (χ0v) is 19.3. The summed E-state index contributed by atoms with van der Waals surface area (Å²) < 4.78 is 69.8. The number of halogens is 5. The summed E-state index contributed by atoms with van der Waals surface area (Å²) in [6.07, 6.45) is -1.73. The highest BCUT2D eigenvalue weighted by Gasteiger charge is 2.43. The quantitative estimate of drug-likeness (QED) is 0.550. The summed E-state index contributed by atoms with van der Waals surface area (Å²) in [6.45, 7) is 4.34. The first-order chi connectivity index (χ1) is 16.6. The lowest BCUT2D eigenvalue weighted by molar-refractivity contribution is -0.137. The minimum absolute atomic E-state index is 0.0248. The first-order valence-electron chi connectivity index (χ1n) is 12.1. The fourth-order valence-electron chi connectivity index (χ4n) is 5.45. The third-order valence-electron chi connectivity index (χ3n) is 7.13. The average molecular weight is 500 g/mol. The number of nitrogens with zero attached hydrogens (tertiary/aromatic N) is 3. The van der Waals surface area contributed by atoms with Crippen LogP contribution < -0.4 is 5.32 Å². The van der Waals surface area contributed by atoms with Crippen LogP contribution in [0.25, 0.3) is 11.3 Å². The third kappa shape index (κ3) is 5.16. The molecule has 3 fully saturated rings. The number of fused-ring (bicyclic) bond motifs is 1. The molecule has 2 aromatic rings. The van der Waals surface area contributed by atoms with Crippen LogP contribution in [0, 0.1) is 23.6 Å². The zero-order valence-electron chi connectivity index (χ0n) is 19.5. The van der Waals surface area contributed by atoms with Gasteiger partial charge in [-0.25, -0.2) is 4.39 Å². The van der Waals surface area contributed by atoms with Crippen LogP contribution in [0.2, 0.25) is 5.02 Å². The fraction of sp³-hybridized carbons (Fsp3) is 0.583. The number of alkyl halides is 3. The lowest BCUT2D eigenvalue weighted by Gasteiger charge is -2.28.